The van der Waals surface area contributed by atoms with E-state index >= 15 is 0 Å². The van der Waals surface area contributed by atoms with E-state index in [2.05, 4.69) is 4.98 Å². The van der Waals surface area contributed by atoms with Crippen LogP contribution in [0.3, 0.4) is 0 Å². The first-order valence-electron chi connectivity index (χ1n) is 4.88. The number of methoxy groups -OCH3 is 2. The van der Waals surface area contributed by atoms with Crippen LogP contribution in [-0.2, 0) is 0 Å². The van der Waals surface area contributed by atoms with Crippen LogP contribution in [0, 0.1) is 11.3 Å². The average molecular weight is 230 g/mol. The number of hydrogen-bond acceptors (Lipinski definition) is 4. The average Bonchev–Trinajstić information content (AvgIpc) is 2.38. The third-order valence-corrected chi connectivity index (χ3v) is 2.53. The van der Waals surface area contributed by atoms with Gasteiger partial charge in [-0.2, -0.15) is 5.26 Å². The molecule has 0 aliphatic carbocycles. The van der Waals surface area contributed by atoms with Gasteiger partial charge < -0.3 is 14.5 Å². The zero-order chi connectivity index (χ0) is 12.4. The Bertz CT molecular complexity index is 668. The normalized spacial score (nSPS) is 9.94. The number of fused-ring (bicyclic) bond motifs is 1. The molecule has 1 N–H and O–H groups in total. The molecule has 0 atom stereocenters. The number of benzene rings is 1. The molecule has 0 unspecified atom stereocenters. The maximum atomic E-state index is 11.7. The van der Waals surface area contributed by atoms with E-state index in [-0.39, 0.29) is 5.56 Å². The van der Waals surface area contributed by atoms with Crippen LogP contribution < -0.4 is 15.0 Å². The van der Waals surface area contributed by atoms with E-state index in [0.29, 0.717) is 27.8 Å². The van der Waals surface area contributed by atoms with Crippen molar-refractivity contribution in [3.05, 3.63) is 34.2 Å². The second kappa shape index (κ2) is 4.18. The monoisotopic (exact) mass is 230 g/mol. The first kappa shape index (κ1) is 11.0. The molecular formula is C12H10N2O3. The van der Waals surface area contributed by atoms with E-state index < -0.39 is 0 Å². The predicted molar refractivity (Wildman–Crippen MR) is 62.4 cm³/mol. The Hall–Kier alpha value is -2.48. The van der Waals surface area contributed by atoms with Crippen LogP contribution in [0.25, 0.3) is 10.8 Å². The fourth-order valence-electron chi connectivity index (χ4n) is 1.68. The van der Waals surface area contributed by atoms with Crippen LogP contribution in [0.4, 0.5) is 0 Å². The van der Waals surface area contributed by atoms with Gasteiger partial charge in [0.2, 0.25) is 0 Å². The zero-order valence-corrected chi connectivity index (χ0v) is 9.40. The minimum absolute atomic E-state index is 0.264. The molecule has 2 aromatic rings. The van der Waals surface area contributed by atoms with Gasteiger partial charge in [0.15, 0.2) is 11.5 Å². The number of nitriles is 1. The molecule has 0 aliphatic rings. The second-order valence-corrected chi connectivity index (χ2v) is 3.40. The molecule has 0 saturated carbocycles. The molecule has 0 radical (unpaired) electrons. The molecule has 1 heterocycles. The molecule has 0 spiro atoms. The fourth-order valence-corrected chi connectivity index (χ4v) is 1.68. The van der Waals surface area contributed by atoms with E-state index in [1.165, 1.54) is 20.4 Å². The highest BCUT2D eigenvalue weighted by atomic mass is 16.5. The minimum atomic E-state index is -0.264. The summed E-state index contributed by atoms with van der Waals surface area (Å²) in [6, 6.07) is 5.21. The van der Waals surface area contributed by atoms with Crippen molar-refractivity contribution in [2.75, 3.05) is 14.2 Å². The summed E-state index contributed by atoms with van der Waals surface area (Å²) >= 11 is 0. The number of H-pyrrole nitrogens is 1. The van der Waals surface area contributed by atoms with Gasteiger partial charge in [-0.15, -0.1) is 0 Å². The van der Waals surface area contributed by atoms with Crippen LogP contribution in [0.1, 0.15) is 5.56 Å². The third-order valence-electron chi connectivity index (χ3n) is 2.53. The SMILES string of the molecule is COc1cc2c(C#N)c[nH]c(=O)c2cc1OC. The van der Waals surface area contributed by atoms with Crippen molar-refractivity contribution in [3.63, 3.8) is 0 Å². The summed E-state index contributed by atoms with van der Waals surface area (Å²) in [5, 5.41) is 9.93. The molecule has 1 aromatic carbocycles. The van der Waals surface area contributed by atoms with E-state index in [9.17, 15) is 4.79 Å². The summed E-state index contributed by atoms with van der Waals surface area (Å²) in [5.74, 6) is 0.947. The molecule has 0 fully saturated rings. The Kier molecular flexibility index (Phi) is 2.71. The van der Waals surface area contributed by atoms with Gasteiger partial charge >= 0.3 is 0 Å². The van der Waals surface area contributed by atoms with Gasteiger partial charge in [0.25, 0.3) is 5.56 Å². The van der Waals surface area contributed by atoms with E-state index in [1.807, 2.05) is 6.07 Å². The summed E-state index contributed by atoms with van der Waals surface area (Å²) in [7, 11) is 2.99. The Morgan fingerprint density at radius 1 is 1.18 bits per heavy atom. The molecule has 5 nitrogen and oxygen atoms in total. The number of nitrogens with one attached hydrogen (secondary N) is 1. The molecule has 0 bridgehead atoms. The minimum Gasteiger partial charge on any atom is -0.493 e. The smallest absolute Gasteiger partial charge is 0.256 e. The quantitative estimate of drug-likeness (QED) is 0.846. The van der Waals surface area contributed by atoms with Gasteiger partial charge in [-0.25, -0.2) is 0 Å². The number of hydrogen-bond donors (Lipinski definition) is 1. The molecule has 86 valence electrons. The van der Waals surface area contributed by atoms with Crippen molar-refractivity contribution in [3.8, 4) is 17.6 Å². The van der Waals surface area contributed by atoms with E-state index in [0.717, 1.165) is 0 Å². The number of nitrogens with zero attached hydrogens (tertiary/aromatic N) is 1. The van der Waals surface area contributed by atoms with Crippen molar-refractivity contribution in [1.29, 1.82) is 5.26 Å². The fraction of sp³-hybridized carbons (Fsp3) is 0.167. The van der Waals surface area contributed by atoms with Crippen molar-refractivity contribution < 1.29 is 9.47 Å². The Balaban J connectivity index is 2.92. The lowest BCUT2D eigenvalue weighted by atomic mass is 10.1. The highest BCUT2D eigenvalue weighted by Crippen LogP contribution is 2.31. The maximum absolute atomic E-state index is 11.7. The Labute approximate surface area is 97.2 Å². The molecule has 0 saturated heterocycles. The molecule has 5 heteroatoms. The van der Waals surface area contributed by atoms with Crippen LogP contribution in [0.5, 0.6) is 11.5 Å². The van der Waals surface area contributed by atoms with Gasteiger partial charge in [-0.1, -0.05) is 0 Å². The molecular weight excluding hydrogens is 220 g/mol. The van der Waals surface area contributed by atoms with Crippen molar-refractivity contribution >= 4 is 10.8 Å². The summed E-state index contributed by atoms with van der Waals surface area (Å²) in [6.07, 6.45) is 1.39. The van der Waals surface area contributed by atoms with Gasteiger partial charge in [0, 0.05) is 11.6 Å². The van der Waals surface area contributed by atoms with Gasteiger partial charge in [-0.05, 0) is 12.1 Å². The molecule has 0 amide bonds. The van der Waals surface area contributed by atoms with Gasteiger partial charge in [0.05, 0.1) is 25.2 Å². The lowest BCUT2D eigenvalue weighted by Crippen LogP contribution is -2.07. The lowest BCUT2D eigenvalue weighted by Gasteiger charge is -2.09. The topological polar surface area (TPSA) is 75.1 Å². The Morgan fingerprint density at radius 2 is 1.76 bits per heavy atom. The zero-order valence-electron chi connectivity index (χ0n) is 9.40. The standard InChI is InChI=1S/C12H10N2O3/c1-16-10-3-8-7(5-13)6-14-12(15)9(8)4-11(10)17-2/h3-4,6H,1-2H3,(H,14,15). The first-order chi connectivity index (χ1) is 8.21. The summed E-state index contributed by atoms with van der Waals surface area (Å²) in [5.41, 5.74) is 0.125. The van der Waals surface area contributed by atoms with E-state index in [1.54, 1.807) is 12.1 Å². The predicted octanol–water partition coefficient (Wildman–Crippen LogP) is 1.42. The summed E-state index contributed by atoms with van der Waals surface area (Å²) < 4.78 is 10.2. The highest BCUT2D eigenvalue weighted by Gasteiger charge is 2.11. The maximum Gasteiger partial charge on any atom is 0.256 e. The number of aromatic nitrogens is 1. The number of pyridine rings is 1. The highest BCUT2D eigenvalue weighted by molar-refractivity contribution is 5.89. The molecule has 2 rings (SSSR count). The van der Waals surface area contributed by atoms with Crippen LogP contribution in [0.15, 0.2) is 23.1 Å². The van der Waals surface area contributed by atoms with E-state index in [4.69, 9.17) is 14.7 Å². The first-order valence-corrected chi connectivity index (χ1v) is 4.88. The second-order valence-electron chi connectivity index (χ2n) is 3.40. The molecule has 1 aromatic heterocycles. The molecule has 17 heavy (non-hydrogen) atoms. The lowest BCUT2D eigenvalue weighted by molar-refractivity contribution is 0.356. The van der Waals surface area contributed by atoms with Crippen LogP contribution in [-0.4, -0.2) is 19.2 Å². The third kappa shape index (κ3) is 1.70. The Morgan fingerprint density at radius 3 is 2.29 bits per heavy atom. The number of aromatic amines is 1. The van der Waals surface area contributed by atoms with Crippen molar-refractivity contribution in [1.82, 2.24) is 4.98 Å². The van der Waals surface area contributed by atoms with Crippen LogP contribution >= 0.6 is 0 Å². The number of rotatable bonds is 2. The summed E-state index contributed by atoms with van der Waals surface area (Å²) in [4.78, 5) is 14.2. The van der Waals surface area contributed by atoms with Crippen molar-refractivity contribution in [2.24, 2.45) is 0 Å². The number of ether oxygens (including phenoxy) is 2. The van der Waals surface area contributed by atoms with Gasteiger partial charge in [0.1, 0.15) is 6.07 Å². The van der Waals surface area contributed by atoms with Crippen molar-refractivity contribution in [2.45, 2.75) is 0 Å². The summed E-state index contributed by atoms with van der Waals surface area (Å²) in [6.45, 7) is 0. The van der Waals surface area contributed by atoms with Gasteiger partial charge in [-0.3, -0.25) is 4.79 Å². The molecule has 0 aliphatic heterocycles. The largest absolute Gasteiger partial charge is 0.493 e. The van der Waals surface area contributed by atoms with Crippen LogP contribution in [0.2, 0.25) is 0 Å².